The molecule has 0 bridgehead atoms. The quantitative estimate of drug-likeness (QED) is 0.713. The predicted octanol–water partition coefficient (Wildman–Crippen LogP) is 1.28. The average Bonchev–Trinajstić information content (AvgIpc) is 2.19. The Labute approximate surface area is 126 Å². The smallest absolute Gasteiger partial charge is 0.321 e. The minimum absolute atomic E-state index is 0.167. The van der Waals surface area contributed by atoms with Crippen molar-refractivity contribution >= 4 is 22.0 Å². The molecule has 7 nitrogen and oxygen atoms in total. The Kier molecular flexibility index (Phi) is 6.37. The average molecular weight is 323 g/mol. The number of carbonyl (C=O) groups excluding carboxylic acids is 1. The van der Waals surface area contributed by atoms with Gasteiger partial charge in [0.05, 0.1) is 4.75 Å². The van der Waals surface area contributed by atoms with Gasteiger partial charge in [0.1, 0.15) is 11.6 Å². The maximum atomic E-state index is 11.9. The lowest BCUT2D eigenvalue weighted by molar-refractivity contribution is -0.155. The fourth-order valence-corrected chi connectivity index (χ4v) is 2.20. The number of carbonyl (C=O) groups is 2. The van der Waals surface area contributed by atoms with Crippen molar-refractivity contribution in [1.29, 1.82) is 0 Å². The van der Waals surface area contributed by atoms with Crippen LogP contribution in [-0.4, -0.2) is 41.9 Å². The van der Waals surface area contributed by atoms with Crippen LogP contribution in [0.5, 0.6) is 0 Å². The second kappa shape index (κ2) is 6.74. The Hall–Kier alpha value is -1.15. The molecule has 0 aromatic rings. The van der Waals surface area contributed by atoms with E-state index < -0.39 is 38.4 Å². The number of carboxylic acids is 1. The molecule has 8 heteroatoms. The van der Waals surface area contributed by atoms with Gasteiger partial charge in [0, 0.05) is 6.42 Å². The molecule has 0 saturated carbocycles. The van der Waals surface area contributed by atoms with E-state index in [9.17, 15) is 18.0 Å². The number of hydrogen-bond acceptors (Lipinski definition) is 5. The van der Waals surface area contributed by atoms with Crippen molar-refractivity contribution in [2.24, 2.45) is 0 Å². The monoisotopic (exact) mass is 323 g/mol. The molecule has 0 aliphatic rings. The normalized spacial score (nSPS) is 14.6. The van der Waals surface area contributed by atoms with Crippen molar-refractivity contribution in [1.82, 2.24) is 4.72 Å². The summed E-state index contributed by atoms with van der Waals surface area (Å²) in [4.78, 5) is 22.7. The van der Waals surface area contributed by atoms with Crippen LogP contribution in [0.1, 0.15) is 54.4 Å². The summed E-state index contributed by atoms with van der Waals surface area (Å²) in [6.07, 6.45) is -0.347. The van der Waals surface area contributed by atoms with Gasteiger partial charge in [-0.1, -0.05) is 0 Å². The van der Waals surface area contributed by atoms with Crippen molar-refractivity contribution in [3.8, 4) is 0 Å². The van der Waals surface area contributed by atoms with Gasteiger partial charge in [-0.2, -0.15) is 0 Å². The molecule has 0 spiro atoms. The zero-order valence-electron chi connectivity index (χ0n) is 13.4. The number of esters is 1. The third kappa shape index (κ3) is 7.42. The summed E-state index contributed by atoms with van der Waals surface area (Å²) >= 11 is 0. The molecule has 0 amide bonds. The molecule has 124 valence electrons. The van der Waals surface area contributed by atoms with Gasteiger partial charge in [0.25, 0.3) is 0 Å². The number of rotatable bonds is 6. The van der Waals surface area contributed by atoms with Crippen LogP contribution in [0.25, 0.3) is 0 Å². The predicted molar refractivity (Wildman–Crippen MR) is 78.3 cm³/mol. The Balaban J connectivity index is 4.75. The molecule has 0 radical (unpaired) electrons. The second-order valence-corrected chi connectivity index (χ2v) is 9.22. The van der Waals surface area contributed by atoms with E-state index in [1.165, 1.54) is 20.8 Å². The Morgan fingerprint density at radius 2 is 1.62 bits per heavy atom. The summed E-state index contributed by atoms with van der Waals surface area (Å²) in [5.41, 5.74) is -0.666. The highest BCUT2D eigenvalue weighted by Crippen LogP contribution is 2.16. The van der Waals surface area contributed by atoms with Crippen LogP contribution in [0.2, 0.25) is 0 Å². The molecular weight excluding hydrogens is 298 g/mol. The second-order valence-electron chi connectivity index (χ2n) is 6.75. The lowest BCUT2D eigenvalue weighted by Crippen LogP contribution is -2.48. The van der Waals surface area contributed by atoms with Crippen molar-refractivity contribution in [2.45, 2.75) is 70.8 Å². The number of nitrogens with one attached hydrogen (secondary N) is 1. The fourth-order valence-electron chi connectivity index (χ4n) is 1.25. The Morgan fingerprint density at radius 1 is 1.14 bits per heavy atom. The minimum atomic E-state index is -3.81. The molecule has 0 aliphatic carbocycles. The molecule has 0 heterocycles. The molecule has 0 fully saturated rings. The third-order valence-corrected chi connectivity index (χ3v) is 4.67. The molecule has 0 aromatic heterocycles. The van der Waals surface area contributed by atoms with Crippen molar-refractivity contribution in [2.75, 3.05) is 0 Å². The third-order valence-electron chi connectivity index (χ3n) is 2.46. The van der Waals surface area contributed by atoms with Crippen molar-refractivity contribution < 1.29 is 27.9 Å². The van der Waals surface area contributed by atoms with Crippen LogP contribution in [0.15, 0.2) is 0 Å². The van der Waals surface area contributed by atoms with E-state index >= 15 is 0 Å². The van der Waals surface area contributed by atoms with Gasteiger partial charge < -0.3 is 9.84 Å². The zero-order chi connectivity index (χ0) is 17.1. The van der Waals surface area contributed by atoms with E-state index in [0.29, 0.717) is 0 Å². The first kappa shape index (κ1) is 19.9. The van der Waals surface area contributed by atoms with Crippen molar-refractivity contribution in [3.05, 3.63) is 0 Å². The van der Waals surface area contributed by atoms with Crippen molar-refractivity contribution in [3.63, 3.8) is 0 Å². The van der Waals surface area contributed by atoms with Gasteiger partial charge in [0.2, 0.25) is 10.0 Å². The molecule has 1 atom stereocenters. The number of carboxylic acid groups (broad SMARTS) is 1. The first-order valence-corrected chi connectivity index (χ1v) is 8.10. The van der Waals surface area contributed by atoms with Crippen LogP contribution in [0.4, 0.5) is 0 Å². The first-order chi connectivity index (χ1) is 9.16. The van der Waals surface area contributed by atoms with E-state index in [4.69, 9.17) is 9.84 Å². The molecule has 21 heavy (non-hydrogen) atoms. The molecule has 0 aliphatic heterocycles. The SMILES string of the molecule is CC(C)(C)OC(=O)CC[C@@H](NS(=O)(=O)C(C)(C)C)C(=O)O. The van der Waals surface area contributed by atoms with Gasteiger partial charge in [-0.25, -0.2) is 13.1 Å². The number of ether oxygens (including phenoxy) is 1. The Bertz CT molecular complexity index is 484. The summed E-state index contributed by atoms with van der Waals surface area (Å²) < 4.78 is 29.9. The highest BCUT2D eigenvalue weighted by atomic mass is 32.2. The summed E-state index contributed by atoms with van der Waals surface area (Å²) in [5.74, 6) is -1.89. The topological polar surface area (TPSA) is 110 Å². The maximum Gasteiger partial charge on any atom is 0.321 e. The number of sulfonamides is 1. The summed E-state index contributed by atoms with van der Waals surface area (Å²) in [6.45, 7) is 9.47. The number of aliphatic carboxylic acids is 1. The highest BCUT2D eigenvalue weighted by Gasteiger charge is 2.34. The maximum absolute atomic E-state index is 11.9. The van der Waals surface area contributed by atoms with E-state index in [-0.39, 0.29) is 12.8 Å². The van der Waals surface area contributed by atoms with E-state index in [1.807, 2.05) is 0 Å². The Morgan fingerprint density at radius 3 is 1.95 bits per heavy atom. The zero-order valence-corrected chi connectivity index (χ0v) is 14.2. The van der Waals surface area contributed by atoms with Crippen LogP contribution in [-0.2, 0) is 24.3 Å². The highest BCUT2D eigenvalue weighted by molar-refractivity contribution is 7.90. The molecule has 0 aromatic carbocycles. The lowest BCUT2D eigenvalue weighted by atomic mass is 10.1. The van der Waals surface area contributed by atoms with Gasteiger partial charge in [-0.15, -0.1) is 0 Å². The van der Waals surface area contributed by atoms with Gasteiger partial charge in [-0.05, 0) is 48.0 Å². The minimum Gasteiger partial charge on any atom is -0.480 e. The van der Waals surface area contributed by atoms with Crippen LogP contribution in [0.3, 0.4) is 0 Å². The molecule has 2 N–H and O–H groups in total. The van der Waals surface area contributed by atoms with Gasteiger partial charge in [-0.3, -0.25) is 9.59 Å². The summed E-state index contributed by atoms with van der Waals surface area (Å²) in [5, 5.41) is 9.07. The largest absolute Gasteiger partial charge is 0.480 e. The van der Waals surface area contributed by atoms with E-state index in [2.05, 4.69) is 4.72 Å². The standard InChI is InChI=1S/C13H25NO6S/c1-12(2,3)20-10(15)8-7-9(11(16)17)14-21(18,19)13(4,5)6/h9,14H,7-8H2,1-6H3,(H,16,17)/t9-/m1/s1. The number of hydrogen-bond donors (Lipinski definition) is 2. The van der Waals surface area contributed by atoms with Crippen LogP contribution >= 0.6 is 0 Å². The first-order valence-electron chi connectivity index (χ1n) is 6.62. The summed E-state index contributed by atoms with van der Waals surface area (Å²) in [6, 6.07) is -1.36. The molecule has 0 unspecified atom stereocenters. The molecule has 0 saturated heterocycles. The van der Waals surface area contributed by atoms with Gasteiger partial charge in [0.15, 0.2) is 0 Å². The lowest BCUT2D eigenvalue weighted by Gasteiger charge is -2.23. The van der Waals surface area contributed by atoms with Crippen LogP contribution < -0.4 is 4.72 Å². The summed E-state index contributed by atoms with van der Waals surface area (Å²) in [7, 11) is -3.81. The van der Waals surface area contributed by atoms with Crippen LogP contribution in [0, 0.1) is 0 Å². The fraction of sp³-hybridized carbons (Fsp3) is 0.846. The van der Waals surface area contributed by atoms with E-state index in [1.54, 1.807) is 20.8 Å². The van der Waals surface area contributed by atoms with E-state index in [0.717, 1.165) is 0 Å². The molecular formula is C13H25NO6S. The molecule has 0 rings (SSSR count). The van der Waals surface area contributed by atoms with Gasteiger partial charge >= 0.3 is 11.9 Å².